The Labute approximate surface area is 153 Å². The molecule has 1 saturated carbocycles. The van der Waals surface area contributed by atoms with E-state index in [-0.39, 0.29) is 11.1 Å². The largest absolute Gasteiger partial charge is 0.319 e. The molecule has 4 rings (SSSR count). The molecule has 6 heteroatoms. The van der Waals surface area contributed by atoms with Gasteiger partial charge in [-0.25, -0.2) is 4.68 Å². The molecule has 2 aromatic rings. The molecule has 6 nitrogen and oxygen atoms in total. The number of rotatable bonds is 5. The molecule has 0 aromatic carbocycles. The molecular weight excluding hydrogens is 328 g/mol. The van der Waals surface area contributed by atoms with Gasteiger partial charge < -0.3 is 4.57 Å². The summed E-state index contributed by atoms with van der Waals surface area (Å²) in [5, 5.41) is 4.59. The van der Waals surface area contributed by atoms with Crippen LogP contribution in [0, 0.1) is 5.92 Å². The molecule has 2 aliphatic rings. The van der Waals surface area contributed by atoms with Crippen molar-refractivity contribution in [1.82, 2.24) is 19.2 Å². The first-order chi connectivity index (χ1) is 12.6. The maximum atomic E-state index is 12.1. The number of pyridine rings is 1. The van der Waals surface area contributed by atoms with Crippen LogP contribution in [0.1, 0.15) is 42.9 Å². The molecule has 0 amide bonds. The molecule has 0 bridgehead atoms. The Bertz CT molecular complexity index is 889. The van der Waals surface area contributed by atoms with Gasteiger partial charge in [0.25, 0.3) is 11.1 Å². The molecule has 2 aromatic heterocycles. The number of likely N-dealkylation sites (tertiary alicyclic amines) is 1. The SMILES string of the molecule is Cn1ccc(CN2CCC(Cn3nc(C4CC4)ccc3=O)CC2)cc1=O. The highest BCUT2D eigenvalue weighted by Gasteiger charge is 2.26. The van der Waals surface area contributed by atoms with Crippen LogP contribution in [0.5, 0.6) is 0 Å². The highest BCUT2D eigenvalue weighted by atomic mass is 16.1. The monoisotopic (exact) mass is 354 g/mol. The van der Waals surface area contributed by atoms with Gasteiger partial charge in [-0.2, -0.15) is 5.10 Å². The first-order valence-electron chi connectivity index (χ1n) is 9.54. The van der Waals surface area contributed by atoms with Crippen LogP contribution in [-0.4, -0.2) is 32.3 Å². The Morgan fingerprint density at radius 2 is 1.81 bits per heavy atom. The van der Waals surface area contributed by atoms with Crippen LogP contribution < -0.4 is 11.1 Å². The van der Waals surface area contributed by atoms with Crippen LogP contribution in [0.3, 0.4) is 0 Å². The fraction of sp³-hybridized carbons (Fsp3) is 0.550. The van der Waals surface area contributed by atoms with Gasteiger partial charge in [0.1, 0.15) is 0 Å². The Morgan fingerprint density at radius 1 is 1.04 bits per heavy atom. The fourth-order valence-corrected chi connectivity index (χ4v) is 3.71. The van der Waals surface area contributed by atoms with Gasteiger partial charge in [0.15, 0.2) is 0 Å². The lowest BCUT2D eigenvalue weighted by atomic mass is 9.96. The highest BCUT2D eigenvalue weighted by molar-refractivity contribution is 5.13. The van der Waals surface area contributed by atoms with Crippen molar-refractivity contribution in [3.05, 3.63) is 62.4 Å². The quantitative estimate of drug-likeness (QED) is 0.820. The topological polar surface area (TPSA) is 60.1 Å². The van der Waals surface area contributed by atoms with Crippen molar-refractivity contribution < 1.29 is 0 Å². The molecule has 26 heavy (non-hydrogen) atoms. The molecule has 1 saturated heterocycles. The first kappa shape index (κ1) is 17.2. The van der Waals surface area contributed by atoms with Gasteiger partial charge in [0, 0.05) is 44.4 Å². The van der Waals surface area contributed by atoms with Gasteiger partial charge in [-0.05, 0) is 62.4 Å². The zero-order chi connectivity index (χ0) is 18.1. The average Bonchev–Trinajstić information content (AvgIpc) is 3.47. The van der Waals surface area contributed by atoms with E-state index in [4.69, 9.17) is 0 Å². The molecule has 1 aliphatic heterocycles. The maximum Gasteiger partial charge on any atom is 0.266 e. The minimum atomic E-state index is 0.0111. The number of hydrogen-bond acceptors (Lipinski definition) is 4. The molecule has 0 unspecified atom stereocenters. The molecule has 1 aliphatic carbocycles. The first-order valence-corrected chi connectivity index (χ1v) is 9.54. The van der Waals surface area contributed by atoms with Crippen molar-refractivity contribution in [2.24, 2.45) is 13.0 Å². The second-order valence-corrected chi connectivity index (χ2v) is 7.76. The van der Waals surface area contributed by atoms with Gasteiger partial charge in [0.2, 0.25) is 0 Å². The smallest absolute Gasteiger partial charge is 0.266 e. The van der Waals surface area contributed by atoms with E-state index in [1.165, 1.54) is 12.8 Å². The summed E-state index contributed by atoms with van der Waals surface area (Å²) in [6.45, 7) is 3.53. The van der Waals surface area contributed by atoms with Crippen molar-refractivity contribution in [3.63, 3.8) is 0 Å². The van der Waals surface area contributed by atoms with E-state index in [2.05, 4.69) is 10.00 Å². The van der Waals surface area contributed by atoms with Crippen LogP contribution in [-0.2, 0) is 20.1 Å². The van der Waals surface area contributed by atoms with Gasteiger partial charge >= 0.3 is 0 Å². The summed E-state index contributed by atoms with van der Waals surface area (Å²) in [5.74, 6) is 1.07. The summed E-state index contributed by atoms with van der Waals surface area (Å²) in [4.78, 5) is 26.3. The predicted octanol–water partition coefficient (Wildman–Crippen LogP) is 1.73. The summed E-state index contributed by atoms with van der Waals surface area (Å²) < 4.78 is 3.27. The van der Waals surface area contributed by atoms with Crippen molar-refractivity contribution in [2.45, 2.75) is 44.7 Å². The van der Waals surface area contributed by atoms with Gasteiger partial charge in [-0.1, -0.05) is 0 Å². The zero-order valence-electron chi connectivity index (χ0n) is 15.3. The standard InChI is InChI=1S/C20H26N4O2/c1-22-9-6-16(12-20(22)26)13-23-10-7-15(8-11-23)14-24-19(25)5-4-18(21-24)17-2-3-17/h4-6,9,12,15,17H,2-3,7-8,10-11,13-14H2,1H3. The van der Waals surface area contributed by atoms with E-state index in [1.807, 2.05) is 18.3 Å². The van der Waals surface area contributed by atoms with Crippen LogP contribution in [0.2, 0.25) is 0 Å². The Morgan fingerprint density at radius 3 is 2.50 bits per heavy atom. The normalized spacial score (nSPS) is 19.0. The lowest BCUT2D eigenvalue weighted by Gasteiger charge is -2.32. The Balaban J connectivity index is 1.33. The van der Waals surface area contributed by atoms with Gasteiger partial charge in [-0.3, -0.25) is 14.5 Å². The second-order valence-electron chi connectivity index (χ2n) is 7.76. The second kappa shape index (κ2) is 7.19. The lowest BCUT2D eigenvalue weighted by Crippen LogP contribution is -2.36. The van der Waals surface area contributed by atoms with E-state index in [9.17, 15) is 9.59 Å². The summed E-state index contributed by atoms with van der Waals surface area (Å²) in [6, 6.07) is 7.30. The summed E-state index contributed by atoms with van der Waals surface area (Å²) in [7, 11) is 1.77. The summed E-state index contributed by atoms with van der Waals surface area (Å²) in [6.07, 6.45) is 6.35. The zero-order valence-corrected chi connectivity index (χ0v) is 15.3. The van der Waals surface area contributed by atoms with Crippen LogP contribution in [0.25, 0.3) is 0 Å². The summed E-state index contributed by atoms with van der Waals surface area (Å²) in [5.41, 5.74) is 2.20. The molecule has 2 fully saturated rings. The third-order valence-electron chi connectivity index (χ3n) is 5.60. The average molecular weight is 354 g/mol. The van der Waals surface area contributed by atoms with E-state index in [1.54, 1.807) is 28.4 Å². The molecule has 138 valence electrons. The molecule has 0 atom stereocenters. The third kappa shape index (κ3) is 3.96. The van der Waals surface area contributed by atoms with Crippen LogP contribution >= 0.6 is 0 Å². The fourth-order valence-electron chi connectivity index (χ4n) is 3.71. The van der Waals surface area contributed by atoms with E-state index in [0.717, 1.165) is 50.3 Å². The van der Waals surface area contributed by atoms with Crippen molar-refractivity contribution in [2.75, 3.05) is 13.1 Å². The van der Waals surface area contributed by atoms with Crippen LogP contribution in [0.15, 0.2) is 40.1 Å². The number of aryl methyl sites for hydroxylation is 1. The van der Waals surface area contributed by atoms with Gasteiger partial charge in [-0.15, -0.1) is 0 Å². The molecular formula is C20H26N4O2. The summed E-state index contributed by atoms with van der Waals surface area (Å²) >= 11 is 0. The Kier molecular flexibility index (Phi) is 4.76. The molecule has 0 radical (unpaired) electrons. The molecule has 3 heterocycles. The van der Waals surface area contributed by atoms with Crippen molar-refractivity contribution >= 4 is 0 Å². The maximum absolute atomic E-state index is 12.1. The van der Waals surface area contributed by atoms with E-state index >= 15 is 0 Å². The minimum Gasteiger partial charge on any atom is -0.319 e. The minimum absolute atomic E-state index is 0.0111. The Hall–Kier alpha value is -2.21. The van der Waals surface area contributed by atoms with E-state index < -0.39 is 0 Å². The number of nitrogens with zero attached hydrogens (tertiary/aromatic N) is 4. The van der Waals surface area contributed by atoms with Crippen LogP contribution in [0.4, 0.5) is 0 Å². The van der Waals surface area contributed by atoms with E-state index in [0.29, 0.717) is 11.8 Å². The van der Waals surface area contributed by atoms with Crippen molar-refractivity contribution in [3.8, 4) is 0 Å². The number of piperidine rings is 1. The highest BCUT2D eigenvalue weighted by Crippen LogP contribution is 2.38. The predicted molar refractivity (Wildman–Crippen MR) is 100 cm³/mol. The number of hydrogen-bond donors (Lipinski definition) is 0. The number of aromatic nitrogens is 3. The lowest BCUT2D eigenvalue weighted by molar-refractivity contribution is 0.163. The molecule has 0 spiro atoms. The molecule has 0 N–H and O–H groups in total. The van der Waals surface area contributed by atoms with Crippen molar-refractivity contribution in [1.29, 1.82) is 0 Å². The third-order valence-corrected chi connectivity index (χ3v) is 5.60. The van der Waals surface area contributed by atoms with Gasteiger partial charge in [0.05, 0.1) is 5.69 Å².